The summed E-state index contributed by atoms with van der Waals surface area (Å²) < 4.78 is 8.58. The van der Waals surface area contributed by atoms with E-state index in [2.05, 4.69) is 43.8 Å². The van der Waals surface area contributed by atoms with Crippen molar-refractivity contribution in [2.75, 3.05) is 7.11 Å². The number of aromatic nitrogens is 5. The van der Waals surface area contributed by atoms with Gasteiger partial charge in [0.1, 0.15) is 0 Å². The molecule has 22 heavy (non-hydrogen) atoms. The highest BCUT2D eigenvalue weighted by Gasteiger charge is 2.18. The van der Waals surface area contributed by atoms with Crippen molar-refractivity contribution in [1.29, 1.82) is 0 Å². The van der Waals surface area contributed by atoms with E-state index in [1.54, 1.807) is 23.8 Å². The molecule has 0 aromatic carbocycles. The molecule has 7 nitrogen and oxygen atoms in total. The van der Waals surface area contributed by atoms with Crippen LogP contribution in [0.3, 0.4) is 0 Å². The lowest BCUT2D eigenvalue weighted by atomic mass is 10.1. The Morgan fingerprint density at radius 2 is 2.27 bits per heavy atom. The highest BCUT2D eigenvalue weighted by atomic mass is 127. The van der Waals surface area contributed by atoms with Crippen molar-refractivity contribution < 1.29 is 4.74 Å². The van der Waals surface area contributed by atoms with Crippen LogP contribution in [0.5, 0.6) is 5.88 Å². The van der Waals surface area contributed by atoms with Gasteiger partial charge in [-0.1, -0.05) is 6.58 Å². The molecule has 3 rings (SSSR count). The maximum atomic E-state index is 12.2. The smallest absolute Gasteiger partial charge is 0.274 e. The molecular formula is C13H13IN5O2P. The van der Waals surface area contributed by atoms with Crippen molar-refractivity contribution in [2.24, 2.45) is 7.05 Å². The fraction of sp³-hybridized carbons (Fsp3) is 0.154. The quantitative estimate of drug-likeness (QED) is 0.511. The molecule has 1 atom stereocenters. The van der Waals surface area contributed by atoms with E-state index in [1.807, 2.05) is 6.07 Å². The summed E-state index contributed by atoms with van der Waals surface area (Å²) in [5.74, 6) is 0.399. The number of nitrogens with one attached hydrogen (secondary N) is 1. The number of hydrogen-bond acceptors (Lipinski definition) is 4. The Labute approximate surface area is 140 Å². The minimum Gasteiger partial charge on any atom is -0.480 e. The van der Waals surface area contributed by atoms with Crippen molar-refractivity contribution in [3.05, 3.63) is 34.9 Å². The number of methoxy groups -OCH3 is 1. The van der Waals surface area contributed by atoms with Crippen molar-refractivity contribution in [3.63, 3.8) is 0 Å². The van der Waals surface area contributed by atoms with Gasteiger partial charge in [-0.3, -0.25) is 9.48 Å². The standard InChI is InChI=1S/C13H13IN5O2P/c1-4-10-8-5-7(9-6-15-18(2)13(9)20)12(21-3)16-11(8)19(17-10)22-14/h4-6,15,22H,1H2,2-3H3. The third kappa shape index (κ3) is 2.26. The predicted molar refractivity (Wildman–Crippen MR) is 96.9 cm³/mol. The highest BCUT2D eigenvalue weighted by molar-refractivity contribution is 14.2. The second kappa shape index (κ2) is 5.85. The number of fused-ring (bicyclic) bond motifs is 1. The second-order valence-electron chi connectivity index (χ2n) is 4.55. The fourth-order valence-electron chi connectivity index (χ4n) is 2.26. The molecule has 1 unspecified atom stereocenters. The summed E-state index contributed by atoms with van der Waals surface area (Å²) in [6, 6.07) is 1.88. The van der Waals surface area contributed by atoms with Crippen LogP contribution in [0.4, 0.5) is 0 Å². The van der Waals surface area contributed by atoms with Crippen LogP contribution in [-0.4, -0.2) is 31.4 Å². The van der Waals surface area contributed by atoms with Gasteiger partial charge in [-0.2, -0.15) is 10.1 Å². The van der Waals surface area contributed by atoms with Crippen LogP contribution >= 0.6 is 28.4 Å². The van der Waals surface area contributed by atoms with Gasteiger partial charge in [0.25, 0.3) is 5.56 Å². The SMILES string of the molecule is C=Cc1nn(PI)c2nc(OC)c(-c3c[nH]n(C)c3=O)cc12. The predicted octanol–water partition coefficient (Wildman–Crippen LogP) is 2.57. The molecule has 0 bridgehead atoms. The first-order valence-corrected chi connectivity index (χ1v) is 10.4. The zero-order valence-corrected chi connectivity index (χ0v) is 15.1. The first-order chi connectivity index (χ1) is 10.6. The molecule has 0 amide bonds. The summed E-state index contributed by atoms with van der Waals surface area (Å²) in [5.41, 5.74) is 2.46. The third-order valence-corrected chi connectivity index (χ3v) is 5.19. The van der Waals surface area contributed by atoms with Crippen LogP contribution in [0.1, 0.15) is 5.69 Å². The zero-order valence-electron chi connectivity index (χ0n) is 11.9. The van der Waals surface area contributed by atoms with Gasteiger partial charge in [0, 0.05) is 18.6 Å². The van der Waals surface area contributed by atoms with Gasteiger partial charge in [0.15, 0.2) is 5.65 Å². The topological polar surface area (TPSA) is 77.7 Å². The summed E-state index contributed by atoms with van der Waals surface area (Å²) in [6.45, 7) is 3.79. The van der Waals surface area contributed by atoms with Gasteiger partial charge in [-0.05, 0) is 34.2 Å². The Morgan fingerprint density at radius 1 is 1.50 bits per heavy atom. The molecule has 0 saturated carbocycles. The Morgan fingerprint density at radius 3 is 2.82 bits per heavy atom. The number of halogens is 1. The van der Waals surface area contributed by atoms with Gasteiger partial charge in [0.05, 0.1) is 30.3 Å². The summed E-state index contributed by atoms with van der Waals surface area (Å²) in [5, 5.41) is 8.16. The average Bonchev–Trinajstić information content (AvgIpc) is 3.06. The molecule has 0 spiro atoms. The molecule has 0 fully saturated rings. The number of H-pyrrole nitrogens is 1. The maximum Gasteiger partial charge on any atom is 0.274 e. The van der Waals surface area contributed by atoms with Crippen molar-refractivity contribution in [2.45, 2.75) is 0 Å². The number of pyridine rings is 1. The molecule has 0 saturated heterocycles. The molecule has 114 valence electrons. The Hall–Kier alpha value is -1.67. The number of ether oxygens (including phenoxy) is 1. The van der Waals surface area contributed by atoms with Crippen LogP contribution in [0.2, 0.25) is 0 Å². The first-order valence-electron chi connectivity index (χ1n) is 6.32. The van der Waals surface area contributed by atoms with Gasteiger partial charge in [-0.15, -0.1) is 0 Å². The summed E-state index contributed by atoms with van der Waals surface area (Å²) in [4.78, 5) is 16.7. The van der Waals surface area contributed by atoms with Crippen molar-refractivity contribution in [1.82, 2.24) is 24.3 Å². The molecule has 0 aliphatic carbocycles. The Bertz CT molecular complexity index is 927. The number of rotatable bonds is 4. The fourth-order valence-corrected chi connectivity index (χ4v) is 3.66. The molecule has 3 heterocycles. The van der Waals surface area contributed by atoms with Crippen LogP contribution in [-0.2, 0) is 7.05 Å². The van der Waals surface area contributed by atoms with Crippen LogP contribution < -0.4 is 10.3 Å². The third-order valence-electron chi connectivity index (χ3n) is 3.35. The normalized spacial score (nSPS) is 11.6. The van der Waals surface area contributed by atoms with Crippen LogP contribution in [0.15, 0.2) is 23.6 Å². The lowest BCUT2D eigenvalue weighted by Gasteiger charge is -2.06. The van der Waals surface area contributed by atoms with Crippen LogP contribution in [0, 0.1) is 0 Å². The van der Waals surface area contributed by atoms with Gasteiger partial charge in [-0.25, -0.2) is 4.45 Å². The lowest BCUT2D eigenvalue weighted by Crippen LogP contribution is -2.13. The minimum absolute atomic E-state index is 0.136. The monoisotopic (exact) mass is 429 g/mol. The molecule has 3 aromatic rings. The first kappa shape index (κ1) is 15.2. The lowest BCUT2D eigenvalue weighted by molar-refractivity contribution is 0.401. The van der Waals surface area contributed by atoms with Crippen molar-refractivity contribution in [3.8, 4) is 17.0 Å². The number of hydrogen-bond donors (Lipinski definition) is 1. The Balaban J connectivity index is 2.37. The van der Waals surface area contributed by atoms with E-state index < -0.39 is 0 Å². The number of aryl methyl sites for hydroxylation is 1. The molecule has 3 aromatic heterocycles. The van der Waals surface area contributed by atoms with E-state index in [4.69, 9.17) is 4.74 Å². The average molecular weight is 429 g/mol. The number of nitrogens with zero attached hydrogens (tertiary/aromatic N) is 4. The van der Waals surface area contributed by atoms with Gasteiger partial charge in [0.2, 0.25) is 5.88 Å². The largest absolute Gasteiger partial charge is 0.480 e. The highest BCUT2D eigenvalue weighted by Crippen LogP contribution is 2.35. The van der Waals surface area contributed by atoms with E-state index in [1.165, 1.54) is 11.8 Å². The van der Waals surface area contributed by atoms with E-state index in [0.29, 0.717) is 23.4 Å². The summed E-state index contributed by atoms with van der Waals surface area (Å²) in [7, 11) is 3.20. The second-order valence-corrected chi connectivity index (χ2v) is 6.59. The minimum atomic E-state index is -0.136. The molecule has 0 aliphatic rings. The molecule has 0 aliphatic heterocycles. The van der Waals surface area contributed by atoms with Gasteiger partial charge < -0.3 is 9.84 Å². The van der Waals surface area contributed by atoms with Gasteiger partial charge >= 0.3 is 0 Å². The maximum absolute atomic E-state index is 12.2. The Kier molecular flexibility index (Phi) is 4.05. The van der Waals surface area contributed by atoms with E-state index >= 15 is 0 Å². The molecule has 1 N–H and O–H groups in total. The van der Waals surface area contributed by atoms with E-state index in [9.17, 15) is 4.79 Å². The number of aromatic amines is 1. The summed E-state index contributed by atoms with van der Waals surface area (Å²) >= 11 is 2.24. The van der Waals surface area contributed by atoms with E-state index in [-0.39, 0.29) is 5.56 Å². The van der Waals surface area contributed by atoms with Crippen molar-refractivity contribution >= 4 is 45.5 Å². The zero-order chi connectivity index (χ0) is 15.9. The van der Waals surface area contributed by atoms with E-state index in [0.717, 1.165) is 16.7 Å². The molecule has 9 heteroatoms. The summed E-state index contributed by atoms with van der Waals surface area (Å²) in [6.07, 6.45) is 3.74. The molecular weight excluding hydrogens is 416 g/mol. The van der Waals surface area contributed by atoms with Crippen LogP contribution in [0.25, 0.3) is 28.2 Å². The molecule has 0 radical (unpaired) electrons.